The molecule has 1 aliphatic heterocycles. The predicted molar refractivity (Wildman–Crippen MR) is 67.8 cm³/mol. The number of hydrogen-bond donors (Lipinski definition) is 3. The molecular weight excluding hydrogens is 232 g/mol. The molecule has 0 saturated carbocycles. The zero-order chi connectivity index (χ0) is 13.1. The van der Waals surface area contributed by atoms with Gasteiger partial charge in [0, 0.05) is 17.8 Å². The minimum Gasteiger partial charge on any atom is -0.480 e. The number of aliphatic carboxylic acids is 1. The van der Waals surface area contributed by atoms with Crippen molar-refractivity contribution >= 4 is 17.6 Å². The maximum Gasteiger partial charge on any atom is 0.325 e. The molecule has 1 aromatic rings. The summed E-state index contributed by atoms with van der Waals surface area (Å²) in [6.07, 6.45) is 1.82. The highest BCUT2D eigenvalue weighted by molar-refractivity contribution is 5.99. The standard InChI is InChI=1S/C13H16N2O3/c1-8(13(17)18)15-12(16)10-4-2-6-11-9(10)5-3-7-14-11/h2,4,6,8,14H,3,5,7H2,1H3,(H,15,16)(H,17,18). The Morgan fingerprint density at radius 3 is 2.94 bits per heavy atom. The zero-order valence-corrected chi connectivity index (χ0v) is 10.2. The van der Waals surface area contributed by atoms with Crippen LogP contribution in [-0.4, -0.2) is 29.6 Å². The number of nitrogens with one attached hydrogen (secondary N) is 2. The van der Waals surface area contributed by atoms with Gasteiger partial charge in [0.1, 0.15) is 6.04 Å². The molecule has 5 heteroatoms. The molecule has 0 aromatic heterocycles. The molecule has 1 unspecified atom stereocenters. The summed E-state index contributed by atoms with van der Waals surface area (Å²) in [5.41, 5.74) is 2.50. The molecule has 1 amide bonds. The van der Waals surface area contributed by atoms with Crippen molar-refractivity contribution in [3.05, 3.63) is 29.3 Å². The first kappa shape index (κ1) is 12.4. The van der Waals surface area contributed by atoms with Crippen molar-refractivity contribution in [1.82, 2.24) is 5.32 Å². The van der Waals surface area contributed by atoms with Crippen LogP contribution in [0.25, 0.3) is 0 Å². The van der Waals surface area contributed by atoms with Crippen LogP contribution in [0.15, 0.2) is 18.2 Å². The van der Waals surface area contributed by atoms with Gasteiger partial charge in [-0.25, -0.2) is 0 Å². The Hall–Kier alpha value is -2.04. The normalized spacial score (nSPS) is 15.2. The lowest BCUT2D eigenvalue weighted by Gasteiger charge is -2.21. The van der Waals surface area contributed by atoms with Crippen LogP contribution in [0.1, 0.15) is 29.3 Å². The number of anilines is 1. The van der Waals surface area contributed by atoms with E-state index in [2.05, 4.69) is 10.6 Å². The summed E-state index contributed by atoms with van der Waals surface area (Å²) in [7, 11) is 0. The molecule has 1 aromatic carbocycles. The Bertz CT molecular complexity index is 485. The lowest BCUT2D eigenvalue weighted by Crippen LogP contribution is -2.38. The number of carboxylic acid groups (broad SMARTS) is 1. The van der Waals surface area contributed by atoms with E-state index in [0.29, 0.717) is 5.56 Å². The SMILES string of the molecule is CC(NC(=O)c1cccc2c1CCCN2)C(=O)O. The van der Waals surface area contributed by atoms with E-state index in [4.69, 9.17) is 5.11 Å². The molecule has 0 saturated heterocycles. The van der Waals surface area contributed by atoms with Crippen LogP contribution in [-0.2, 0) is 11.2 Å². The third-order valence-electron chi connectivity index (χ3n) is 3.06. The van der Waals surface area contributed by atoms with Gasteiger partial charge in [0.2, 0.25) is 0 Å². The lowest BCUT2D eigenvalue weighted by atomic mass is 9.97. The second-order valence-electron chi connectivity index (χ2n) is 4.40. The Kier molecular flexibility index (Phi) is 3.50. The number of amides is 1. The van der Waals surface area contributed by atoms with Crippen LogP contribution in [0, 0.1) is 0 Å². The van der Waals surface area contributed by atoms with E-state index in [1.165, 1.54) is 6.92 Å². The van der Waals surface area contributed by atoms with Gasteiger partial charge in [-0.2, -0.15) is 0 Å². The molecule has 0 aliphatic carbocycles. The number of carbonyl (C=O) groups is 2. The molecule has 3 N–H and O–H groups in total. The zero-order valence-electron chi connectivity index (χ0n) is 10.2. The second kappa shape index (κ2) is 5.08. The molecule has 1 heterocycles. The molecule has 96 valence electrons. The smallest absolute Gasteiger partial charge is 0.325 e. The van der Waals surface area contributed by atoms with Crippen molar-refractivity contribution in [3.8, 4) is 0 Å². The number of rotatable bonds is 3. The Labute approximate surface area is 105 Å². The minimum atomic E-state index is -1.04. The Morgan fingerprint density at radius 2 is 2.22 bits per heavy atom. The monoisotopic (exact) mass is 248 g/mol. The van der Waals surface area contributed by atoms with Crippen LogP contribution in [0.5, 0.6) is 0 Å². The largest absolute Gasteiger partial charge is 0.480 e. The van der Waals surface area contributed by atoms with Crippen LogP contribution in [0.2, 0.25) is 0 Å². The van der Waals surface area contributed by atoms with Gasteiger partial charge in [-0.3, -0.25) is 9.59 Å². The van der Waals surface area contributed by atoms with E-state index in [1.54, 1.807) is 12.1 Å². The van der Waals surface area contributed by atoms with E-state index >= 15 is 0 Å². The van der Waals surface area contributed by atoms with Gasteiger partial charge in [-0.1, -0.05) is 6.07 Å². The van der Waals surface area contributed by atoms with Gasteiger partial charge < -0.3 is 15.7 Å². The highest BCUT2D eigenvalue weighted by Gasteiger charge is 2.20. The summed E-state index contributed by atoms with van der Waals surface area (Å²) >= 11 is 0. The van der Waals surface area contributed by atoms with Gasteiger partial charge >= 0.3 is 5.97 Å². The van der Waals surface area contributed by atoms with Gasteiger partial charge in [-0.15, -0.1) is 0 Å². The maximum absolute atomic E-state index is 12.0. The fourth-order valence-electron chi connectivity index (χ4n) is 2.06. The van der Waals surface area contributed by atoms with Crippen LogP contribution >= 0.6 is 0 Å². The first-order valence-corrected chi connectivity index (χ1v) is 5.99. The van der Waals surface area contributed by atoms with Crippen molar-refractivity contribution in [2.75, 3.05) is 11.9 Å². The summed E-state index contributed by atoms with van der Waals surface area (Å²) < 4.78 is 0. The number of carbonyl (C=O) groups excluding carboxylic acids is 1. The molecule has 0 bridgehead atoms. The molecule has 1 atom stereocenters. The second-order valence-corrected chi connectivity index (χ2v) is 4.40. The molecule has 1 aliphatic rings. The van der Waals surface area contributed by atoms with E-state index < -0.39 is 12.0 Å². The van der Waals surface area contributed by atoms with Crippen molar-refractivity contribution < 1.29 is 14.7 Å². The number of carboxylic acids is 1. The molecule has 0 spiro atoms. The third-order valence-corrected chi connectivity index (χ3v) is 3.06. The van der Waals surface area contributed by atoms with Gasteiger partial charge in [0.05, 0.1) is 0 Å². The number of benzene rings is 1. The molecule has 0 fully saturated rings. The lowest BCUT2D eigenvalue weighted by molar-refractivity contribution is -0.138. The average Bonchev–Trinajstić information content (AvgIpc) is 2.37. The first-order valence-electron chi connectivity index (χ1n) is 5.99. The number of hydrogen-bond acceptors (Lipinski definition) is 3. The van der Waals surface area contributed by atoms with E-state index in [0.717, 1.165) is 30.6 Å². The van der Waals surface area contributed by atoms with Crippen LogP contribution in [0.3, 0.4) is 0 Å². The van der Waals surface area contributed by atoms with Gasteiger partial charge in [0.25, 0.3) is 5.91 Å². The molecular formula is C13H16N2O3. The van der Waals surface area contributed by atoms with Gasteiger partial charge in [0.15, 0.2) is 0 Å². The summed E-state index contributed by atoms with van der Waals surface area (Å²) in [4.78, 5) is 22.8. The number of fused-ring (bicyclic) bond motifs is 1. The summed E-state index contributed by atoms with van der Waals surface area (Å²) in [5.74, 6) is -1.36. The van der Waals surface area contributed by atoms with Gasteiger partial charge in [-0.05, 0) is 37.5 Å². The molecule has 18 heavy (non-hydrogen) atoms. The Morgan fingerprint density at radius 1 is 1.44 bits per heavy atom. The summed E-state index contributed by atoms with van der Waals surface area (Å²) in [5, 5.41) is 14.5. The van der Waals surface area contributed by atoms with E-state index in [-0.39, 0.29) is 5.91 Å². The highest BCUT2D eigenvalue weighted by atomic mass is 16.4. The summed E-state index contributed by atoms with van der Waals surface area (Å²) in [6, 6.07) is 4.59. The maximum atomic E-state index is 12.0. The minimum absolute atomic E-state index is 0.328. The van der Waals surface area contributed by atoms with Crippen LogP contribution in [0.4, 0.5) is 5.69 Å². The highest BCUT2D eigenvalue weighted by Crippen LogP contribution is 2.25. The first-order chi connectivity index (χ1) is 8.59. The third kappa shape index (κ3) is 2.45. The van der Waals surface area contributed by atoms with Crippen LogP contribution < -0.4 is 10.6 Å². The van der Waals surface area contributed by atoms with E-state index in [9.17, 15) is 9.59 Å². The van der Waals surface area contributed by atoms with Crippen molar-refractivity contribution in [3.63, 3.8) is 0 Å². The molecule has 0 radical (unpaired) electrons. The molecule has 5 nitrogen and oxygen atoms in total. The fourth-order valence-corrected chi connectivity index (χ4v) is 2.06. The topological polar surface area (TPSA) is 78.4 Å². The van der Waals surface area contributed by atoms with Crippen molar-refractivity contribution in [2.45, 2.75) is 25.8 Å². The summed E-state index contributed by atoms with van der Waals surface area (Å²) in [6.45, 7) is 2.36. The van der Waals surface area contributed by atoms with Crippen molar-refractivity contribution in [1.29, 1.82) is 0 Å². The average molecular weight is 248 g/mol. The van der Waals surface area contributed by atoms with Crippen molar-refractivity contribution in [2.24, 2.45) is 0 Å². The Balaban J connectivity index is 2.23. The molecule has 2 rings (SSSR count). The predicted octanol–water partition coefficient (Wildman–Crippen LogP) is 1.25. The quantitative estimate of drug-likeness (QED) is 0.752. The fraction of sp³-hybridized carbons (Fsp3) is 0.385. The van der Waals surface area contributed by atoms with E-state index in [1.807, 2.05) is 6.07 Å².